The van der Waals surface area contributed by atoms with Gasteiger partial charge in [0.2, 0.25) is 17.7 Å². The number of hydrogen-bond donors (Lipinski definition) is 2. The van der Waals surface area contributed by atoms with Crippen LogP contribution in [0.5, 0.6) is 5.88 Å². The van der Waals surface area contributed by atoms with Crippen LogP contribution in [0, 0.1) is 23.5 Å². The summed E-state index contributed by atoms with van der Waals surface area (Å²) in [5, 5.41) is 14.1. The summed E-state index contributed by atoms with van der Waals surface area (Å²) in [4.78, 5) is 46.4. The third-order valence-corrected chi connectivity index (χ3v) is 8.45. The topological polar surface area (TPSA) is 131 Å². The third-order valence-electron chi connectivity index (χ3n) is 8.45. The summed E-state index contributed by atoms with van der Waals surface area (Å²) >= 11 is 0. The van der Waals surface area contributed by atoms with Gasteiger partial charge in [0.05, 0.1) is 24.2 Å². The summed E-state index contributed by atoms with van der Waals surface area (Å²) in [7, 11) is 0. The van der Waals surface area contributed by atoms with Crippen molar-refractivity contribution < 1.29 is 27.9 Å². The third kappa shape index (κ3) is 7.36. The van der Waals surface area contributed by atoms with Gasteiger partial charge in [0.25, 0.3) is 5.91 Å². The largest absolute Gasteiger partial charge is 0.477 e. The number of piperidine rings is 1. The lowest BCUT2D eigenvalue weighted by atomic mass is 9.80. The fraction of sp³-hybridized carbons (Fsp3) is 0.333. The average Bonchev–Trinajstić information content (AvgIpc) is 3.53. The molecular weight excluding hydrogens is 596 g/mol. The molecule has 2 bridgehead atoms. The average molecular weight is 630 g/mol. The van der Waals surface area contributed by atoms with Gasteiger partial charge in [-0.15, -0.1) is 5.10 Å². The van der Waals surface area contributed by atoms with E-state index in [-0.39, 0.29) is 66.2 Å². The van der Waals surface area contributed by atoms with Gasteiger partial charge in [-0.2, -0.15) is 0 Å². The Morgan fingerprint density at radius 2 is 1.78 bits per heavy atom. The molecule has 13 heteroatoms. The number of carbonyl (C=O) groups is 3. The summed E-state index contributed by atoms with van der Waals surface area (Å²) < 4.78 is 34.1. The highest BCUT2D eigenvalue weighted by molar-refractivity contribution is 5.99. The van der Waals surface area contributed by atoms with E-state index < -0.39 is 11.9 Å². The van der Waals surface area contributed by atoms with Crippen LogP contribution in [0.15, 0.2) is 73.1 Å². The van der Waals surface area contributed by atoms with Crippen LogP contribution in [0.1, 0.15) is 40.9 Å². The second kappa shape index (κ2) is 13.8. The summed E-state index contributed by atoms with van der Waals surface area (Å²) in [6.07, 6.45) is 4.66. The lowest BCUT2D eigenvalue weighted by Gasteiger charge is -2.40. The van der Waals surface area contributed by atoms with Crippen molar-refractivity contribution in [1.29, 1.82) is 0 Å². The van der Waals surface area contributed by atoms with E-state index in [0.29, 0.717) is 43.9 Å². The van der Waals surface area contributed by atoms with E-state index in [2.05, 4.69) is 25.9 Å². The van der Waals surface area contributed by atoms with Gasteiger partial charge >= 0.3 is 0 Å². The van der Waals surface area contributed by atoms with E-state index >= 15 is 0 Å². The molecule has 1 fully saturated rings. The number of hydrogen-bond acceptors (Lipinski definition) is 7. The molecule has 46 heavy (non-hydrogen) atoms. The molecule has 0 unspecified atom stereocenters. The molecule has 1 saturated heterocycles. The van der Waals surface area contributed by atoms with Crippen LogP contribution >= 0.6 is 0 Å². The summed E-state index contributed by atoms with van der Waals surface area (Å²) in [6.45, 7) is 1.36. The number of amides is 3. The molecule has 2 aliphatic rings. The number of pyridine rings is 1. The predicted molar refractivity (Wildman–Crippen MR) is 162 cm³/mol. The van der Waals surface area contributed by atoms with Crippen molar-refractivity contribution in [2.45, 2.75) is 38.3 Å². The lowest BCUT2D eigenvalue weighted by molar-refractivity contribution is -0.136. The molecule has 0 aliphatic carbocycles. The Balaban J connectivity index is 1.19. The molecule has 238 valence electrons. The van der Waals surface area contributed by atoms with E-state index in [0.717, 1.165) is 5.56 Å². The van der Waals surface area contributed by atoms with E-state index in [1.54, 1.807) is 47.5 Å². The molecule has 2 aromatic heterocycles. The van der Waals surface area contributed by atoms with Crippen LogP contribution in [0.4, 0.5) is 8.78 Å². The molecule has 2 N–H and O–H groups in total. The first-order chi connectivity index (χ1) is 22.3. The molecule has 4 heterocycles. The van der Waals surface area contributed by atoms with E-state index in [9.17, 15) is 23.2 Å². The van der Waals surface area contributed by atoms with Crippen molar-refractivity contribution in [3.63, 3.8) is 0 Å². The van der Waals surface area contributed by atoms with Gasteiger partial charge in [-0.25, -0.2) is 18.4 Å². The van der Waals surface area contributed by atoms with Gasteiger partial charge in [-0.1, -0.05) is 17.3 Å². The maximum Gasteiger partial charge on any atom is 0.257 e. The number of nitrogens with one attached hydrogen (secondary N) is 2. The minimum Gasteiger partial charge on any atom is -0.477 e. The van der Waals surface area contributed by atoms with E-state index in [1.165, 1.54) is 35.1 Å². The SMILES string of the molecule is O=C(C[C@@H]1CCN2C[C@@H]1CCOc1ncccc1C(=O)N[C@H](Cc1cn(-c3ccc(F)cc3)nn1)C2=O)NCc1ccc(F)cc1. The molecule has 2 aromatic carbocycles. The first-order valence-electron chi connectivity index (χ1n) is 15.2. The summed E-state index contributed by atoms with van der Waals surface area (Å²) in [5.74, 6) is -1.49. The van der Waals surface area contributed by atoms with Crippen LogP contribution < -0.4 is 15.4 Å². The van der Waals surface area contributed by atoms with Crippen molar-refractivity contribution in [3.05, 3.63) is 102 Å². The Kier molecular flexibility index (Phi) is 9.27. The second-order valence-electron chi connectivity index (χ2n) is 11.6. The number of fused-ring (bicyclic) bond motifs is 3. The minimum absolute atomic E-state index is 0.00402. The first kappa shape index (κ1) is 30.8. The molecule has 3 amide bonds. The zero-order valence-corrected chi connectivity index (χ0v) is 24.9. The highest BCUT2D eigenvalue weighted by atomic mass is 19.1. The first-order valence-corrected chi connectivity index (χ1v) is 15.2. The van der Waals surface area contributed by atoms with Gasteiger partial charge in [-0.05, 0) is 78.8 Å². The minimum atomic E-state index is -0.963. The fourth-order valence-corrected chi connectivity index (χ4v) is 5.95. The maximum atomic E-state index is 14.0. The Morgan fingerprint density at radius 3 is 2.57 bits per heavy atom. The number of rotatable bonds is 7. The molecule has 6 rings (SSSR count). The zero-order valence-electron chi connectivity index (χ0n) is 24.9. The Hall–Kier alpha value is -5.20. The van der Waals surface area contributed by atoms with Crippen LogP contribution in [0.2, 0.25) is 0 Å². The lowest BCUT2D eigenvalue weighted by Crippen LogP contribution is -2.54. The van der Waals surface area contributed by atoms with Crippen molar-refractivity contribution in [3.8, 4) is 11.6 Å². The highest BCUT2D eigenvalue weighted by Gasteiger charge is 2.37. The van der Waals surface area contributed by atoms with Crippen molar-refractivity contribution in [2.24, 2.45) is 11.8 Å². The smallest absolute Gasteiger partial charge is 0.257 e. The molecule has 2 aliphatic heterocycles. The molecule has 11 nitrogen and oxygen atoms in total. The molecule has 0 radical (unpaired) electrons. The number of carbonyl (C=O) groups excluding carboxylic acids is 3. The standard InChI is InChI=1S/C33H33F2N7O4/c34-24-5-3-21(4-6-24)18-37-30(43)16-22-11-14-41-19-23(22)12-15-46-32-28(2-1-13-36-32)31(44)38-29(33(41)45)17-26-20-42(40-39-26)27-9-7-25(35)8-10-27/h1-10,13,20,22-23,29H,11-12,14-19H2,(H,37,43)(H,38,44)/t22-,23-,29+/m0/s1. The second-order valence-corrected chi connectivity index (χ2v) is 11.6. The Morgan fingerprint density at radius 1 is 1.02 bits per heavy atom. The van der Waals surface area contributed by atoms with Crippen LogP contribution in [0.25, 0.3) is 5.69 Å². The van der Waals surface area contributed by atoms with Crippen LogP contribution in [0.3, 0.4) is 0 Å². The van der Waals surface area contributed by atoms with Gasteiger partial charge in [0.15, 0.2) is 0 Å². The fourth-order valence-electron chi connectivity index (χ4n) is 5.95. The van der Waals surface area contributed by atoms with Crippen molar-refractivity contribution in [1.82, 2.24) is 35.5 Å². The van der Waals surface area contributed by atoms with Gasteiger partial charge in [0.1, 0.15) is 23.2 Å². The van der Waals surface area contributed by atoms with Gasteiger partial charge in [0, 0.05) is 38.7 Å². The molecule has 3 atom stereocenters. The van der Waals surface area contributed by atoms with Gasteiger partial charge < -0.3 is 20.3 Å². The molecular formula is C33H33F2N7O4. The molecule has 0 saturated carbocycles. The molecule has 4 aromatic rings. The summed E-state index contributed by atoms with van der Waals surface area (Å²) in [5.41, 5.74) is 2.05. The molecule has 0 spiro atoms. The number of nitrogens with zero attached hydrogens (tertiary/aromatic N) is 5. The zero-order chi connectivity index (χ0) is 32.0. The van der Waals surface area contributed by atoms with E-state index in [1.807, 2.05) is 0 Å². The summed E-state index contributed by atoms with van der Waals surface area (Å²) in [6, 6.07) is 14.0. The maximum absolute atomic E-state index is 14.0. The Labute approximate surface area is 264 Å². The van der Waals surface area contributed by atoms with Gasteiger partial charge in [-0.3, -0.25) is 14.4 Å². The number of aromatic nitrogens is 4. The van der Waals surface area contributed by atoms with E-state index in [4.69, 9.17) is 4.74 Å². The highest BCUT2D eigenvalue weighted by Crippen LogP contribution is 2.31. The number of benzene rings is 2. The Bertz CT molecular complexity index is 1700. The van der Waals surface area contributed by atoms with Crippen molar-refractivity contribution in [2.75, 3.05) is 19.7 Å². The van der Waals surface area contributed by atoms with Crippen molar-refractivity contribution >= 4 is 17.7 Å². The van der Waals surface area contributed by atoms with Crippen LogP contribution in [-0.2, 0) is 22.6 Å². The van der Waals surface area contributed by atoms with Crippen LogP contribution in [-0.4, -0.2) is 68.3 Å². The number of ether oxygens (including phenoxy) is 1. The predicted octanol–water partition coefficient (Wildman–Crippen LogP) is 3.24. The quantitative estimate of drug-likeness (QED) is 0.321. The normalized spacial score (nSPS) is 20.0. The monoisotopic (exact) mass is 629 g/mol. The number of halogens is 2.